The summed E-state index contributed by atoms with van der Waals surface area (Å²) in [5, 5.41) is 0. The van der Waals surface area contributed by atoms with E-state index in [0.29, 0.717) is 67.2 Å². The lowest BCUT2D eigenvalue weighted by molar-refractivity contribution is -0.223. The molecule has 210 valence electrons. The summed E-state index contributed by atoms with van der Waals surface area (Å²) in [6.07, 6.45) is 19.3. The zero-order valence-corrected chi connectivity index (χ0v) is 24.5. The summed E-state index contributed by atoms with van der Waals surface area (Å²) >= 11 is 0. The standard InChI is InChI=1S/C34H56O3/c1-8-12-13-24(5)27-14-15-28-32-29(23-31(34(27,28)7)37-20-11-4)33(6)17-16-26(35-18-9-2)21-25(33)22-30(32)36-19-10-3/h9-11,24-32H,2-4,8,12-23H2,1,5-7H3/t24-,25?,26+,27-,28+,29+,30-,31+,32?,33+,34-/m1/s1. The molecule has 4 rings (SSSR count). The molecule has 0 amide bonds. The van der Waals surface area contributed by atoms with Crippen LogP contribution in [-0.4, -0.2) is 38.1 Å². The molecular weight excluding hydrogens is 456 g/mol. The topological polar surface area (TPSA) is 27.7 Å². The van der Waals surface area contributed by atoms with E-state index >= 15 is 0 Å². The molecule has 4 saturated carbocycles. The Morgan fingerprint density at radius 1 is 0.865 bits per heavy atom. The van der Waals surface area contributed by atoms with Gasteiger partial charge in [-0.1, -0.05) is 65.2 Å². The van der Waals surface area contributed by atoms with Crippen LogP contribution in [0.5, 0.6) is 0 Å². The van der Waals surface area contributed by atoms with Gasteiger partial charge < -0.3 is 14.2 Å². The Bertz CT molecular complexity index is 777. The fourth-order valence-corrected chi connectivity index (χ4v) is 9.94. The molecule has 4 fully saturated rings. The fraction of sp³-hybridized carbons (Fsp3) is 0.824. The van der Waals surface area contributed by atoms with Crippen molar-refractivity contribution in [2.24, 2.45) is 46.3 Å². The first-order valence-corrected chi connectivity index (χ1v) is 15.5. The minimum Gasteiger partial charge on any atom is -0.374 e. The van der Waals surface area contributed by atoms with Crippen LogP contribution in [-0.2, 0) is 14.2 Å². The van der Waals surface area contributed by atoms with Crippen molar-refractivity contribution in [2.45, 2.75) is 110 Å². The summed E-state index contributed by atoms with van der Waals surface area (Å²) in [6.45, 7) is 23.9. The van der Waals surface area contributed by atoms with Gasteiger partial charge in [-0.25, -0.2) is 0 Å². The first kappa shape index (κ1) is 29.1. The van der Waals surface area contributed by atoms with E-state index in [1.165, 1.54) is 57.8 Å². The van der Waals surface area contributed by atoms with E-state index in [4.69, 9.17) is 14.2 Å². The van der Waals surface area contributed by atoms with E-state index < -0.39 is 0 Å². The van der Waals surface area contributed by atoms with Crippen LogP contribution in [0.3, 0.4) is 0 Å². The molecule has 0 aromatic rings. The molecule has 0 spiro atoms. The van der Waals surface area contributed by atoms with Gasteiger partial charge in [-0.2, -0.15) is 0 Å². The van der Waals surface area contributed by atoms with Crippen LogP contribution >= 0.6 is 0 Å². The summed E-state index contributed by atoms with van der Waals surface area (Å²) in [5.74, 6) is 4.03. The molecule has 2 unspecified atom stereocenters. The third-order valence-electron chi connectivity index (χ3n) is 11.7. The lowest BCUT2D eigenvalue weighted by Crippen LogP contribution is -2.63. The number of fused-ring (bicyclic) bond motifs is 5. The molecule has 3 nitrogen and oxygen atoms in total. The van der Waals surface area contributed by atoms with Crippen LogP contribution in [0.1, 0.15) is 91.9 Å². The summed E-state index contributed by atoms with van der Waals surface area (Å²) in [4.78, 5) is 0. The molecule has 3 heteroatoms. The van der Waals surface area contributed by atoms with E-state index in [1.807, 2.05) is 18.2 Å². The number of hydrogen-bond donors (Lipinski definition) is 0. The number of unbranched alkanes of at least 4 members (excludes halogenated alkanes) is 1. The van der Waals surface area contributed by atoms with Crippen LogP contribution in [0.15, 0.2) is 38.0 Å². The van der Waals surface area contributed by atoms with E-state index in [-0.39, 0.29) is 5.41 Å². The van der Waals surface area contributed by atoms with Gasteiger partial charge in [0, 0.05) is 5.41 Å². The first-order valence-electron chi connectivity index (χ1n) is 15.5. The van der Waals surface area contributed by atoms with Gasteiger partial charge in [0.1, 0.15) is 0 Å². The van der Waals surface area contributed by atoms with Crippen LogP contribution in [0.25, 0.3) is 0 Å². The van der Waals surface area contributed by atoms with Gasteiger partial charge >= 0.3 is 0 Å². The average Bonchev–Trinajstić information content (AvgIpc) is 3.26. The van der Waals surface area contributed by atoms with Crippen molar-refractivity contribution in [3.05, 3.63) is 38.0 Å². The van der Waals surface area contributed by atoms with E-state index in [1.54, 1.807) is 0 Å². The molecule has 11 atom stereocenters. The van der Waals surface area contributed by atoms with Gasteiger partial charge in [-0.15, -0.1) is 19.7 Å². The Morgan fingerprint density at radius 2 is 1.57 bits per heavy atom. The van der Waals surface area contributed by atoms with Crippen molar-refractivity contribution in [3.8, 4) is 0 Å². The molecule has 37 heavy (non-hydrogen) atoms. The Kier molecular flexibility index (Phi) is 9.84. The molecular formula is C34H56O3. The third-order valence-corrected chi connectivity index (χ3v) is 11.7. The highest BCUT2D eigenvalue weighted by Crippen LogP contribution is 2.69. The van der Waals surface area contributed by atoms with Gasteiger partial charge in [-0.3, -0.25) is 0 Å². The molecule has 0 radical (unpaired) electrons. The summed E-state index contributed by atoms with van der Waals surface area (Å²) in [7, 11) is 0. The van der Waals surface area contributed by atoms with Crippen molar-refractivity contribution >= 4 is 0 Å². The zero-order chi connectivity index (χ0) is 26.6. The quantitative estimate of drug-likeness (QED) is 0.232. The molecule has 0 N–H and O–H groups in total. The Labute approximate surface area is 228 Å². The SMILES string of the molecule is C=CCO[C@H]1CC[C@@]2(C)C(C1)C[C@@H](OCC=C)C1[C@@H]3CC[C@H]([C@H](C)CCCC)[C@@]3(C)[C@@H](OCC=C)C[C@@H]12. The number of ether oxygens (including phenoxy) is 3. The van der Waals surface area contributed by atoms with Crippen LogP contribution in [0.4, 0.5) is 0 Å². The largest absolute Gasteiger partial charge is 0.374 e. The average molecular weight is 513 g/mol. The summed E-state index contributed by atoms with van der Waals surface area (Å²) in [5.41, 5.74) is 0.538. The molecule has 0 aromatic heterocycles. The predicted octanol–water partition coefficient (Wildman–Crippen LogP) is 8.41. The number of rotatable bonds is 13. The van der Waals surface area contributed by atoms with Crippen molar-refractivity contribution in [1.82, 2.24) is 0 Å². The second-order valence-corrected chi connectivity index (χ2v) is 13.4. The number of hydrogen-bond acceptors (Lipinski definition) is 3. The Balaban J connectivity index is 1.68. The van der Waals surface area contributed by atoms with Crippen molar-refractivity contribution in [3.63, 3.8) is 0 Å². The van der Waals surface area contributed by atoms with E-state index in [2.05, 4.69) is 47.4 Å². The third kappa shape index (κ3) is 5.44. The van der Waals surface area contributed by atoms with Crippen molar-refractivity contribution < 1.29 is 14.2 Å². The maximum Gasteiger partial charge on any atom is 0.0648 e. The highest BCUT2D eigenvalue weighted by molar-refractivity contribution is 5.15. The Morgan fingerprint density at radius 3 is 2.27 bits per heavy atom. The highest BCUT2D eigenvalue weighted by Gasteiger charge is 2.66. The lowest BCUT2D eigenvalue weighted by Gasteiger charge is -2.64. The normalized spacial score (nSPS) is 43.8. The van der Waals surface area contributed by atoms with Crippen molar-refractivity contribution in [1.29, 1.82) is 0 Å². The maximum absolute atomic E-state index is 6.79. The monoisotopic (exact) mass is 512 g/mol. The van der Waals surface area contributed by atoms with Gasteiger partial charge in [0.25, 0.3) is 0 Å². The maximum atomic E-state index is 6.79. The second-order valence-electron chi connectivity index (χ2n) is 13.4. The molecule has 0 aliphatic heterocycles. The molecule has 0 bridgehead atoms. The van der Waals surface area contributed by atoms with Gasteiger partial charge in [-0.05, 0) is 85.9 Å². The molecule has 4 aliphatic rings. The van der Waals surface area contributed by atoms with Gasteiger partial charge in [0.2, 0.25) is 0 Å². The molecule has 0 saturated heterocycles. The summed E-state index contributed by atoms with van der Waals surface area (Å²) < 4.78 is 19.7. The van der Waals surface area contributed by atoms with Crippen LogP contribution in [0, 0.1) is 46.3 Å². The zero-order valence-electron chi connectivity index (χ0n) is 24.5. The van der Waals surface area contributed by atoms with Gasteiger partial charge in [0.05, 0.1) is 38.1 Å². The predicted molar refractivity (Wildman–Crippen MR) is 154 cm³/mol. The van der Waals surface area contributed by atoms with E-state index in [0.717, 1.165) is 18.3 Å². The first-order chi connectivity index (χ1) is 17.8. The summed E-state index contributed by atoms with van der Waals surface area (Å²) in [6, 6.07) is 0. The molecule has 4 aliphatic carbocycles. The van der Waals surface area contributed by atoms with Crippen LogP contribution < -0.4 is 0 Å². The lowest BCUT2D eigenvalue weighted by atomic mass is 9.43. The fourth-order valence-electron chi connectivity index (χ4n) is 9.94. The van der Waals surface area contributed by atoms with Gasteiger partial charge in [0.15, 0.2) is 0 Å². The van der Waals surface area contributed by atoms with E-state index in [9.17, 15) is 0 Å². The molecule has 0 aromatic carbocycles. The van der Waals surface area contributed by atoms with Crippen molar-refractivity contribution in [2.75, 3.05) is 19.8 Å². The van der Waals surface area contributed by atoms with Crippen LogP contribution in [0.2, 0.25) is 0 Å². The molecule has 0 heterocycles. The minimum atomic E-state index is 0.209. The Hall–Kier alpha value is -0.900. The smallest absolute Gasteiger partial charge is 0.0648 e. The highest BCUT2D eigenvalue weighted by atomic mass is 16.5. The minimum absolute atomic E-state index is 0.209. The second kappa shape index (κ2) is 12.5.